The van der Waals surface area contributed by atoms with Crippen LogP contribution in [0.4, 0.5) is 13.2 Å². The standard InChI is InChI=1S/C14H11F3N2O2/c15-14(16,17)21-10-3-1-2-9(6-10)13-18-11(8-4-5-8)7-12(20)19-13/h1-3,6-8H,4-5H2,(H,18,19,20). The molecule has 0 atom stereocenters. The zero-order valence-corrected chi connectivity index (χ0v) is 10.8. The van der Waals surface area contributed by atoms with Crippen LogP contribution in [0.5, 0.6) is 5.75 Å². The second-order valence-corrected chi connectivity index (χ2v) is 4.87. The topological polar surface area (TPSA) is 55.0 Å². The maximum absolute atomic E-state index is 12.2. The van der Waals surface area contributed by atoms with Crippen molar-refractivity contribution in [3.05, 3.63) is 46.4 Å². The average molecular weight is 296 g/mol. The Hall–Kier alpha value is -2.31. The van der Waals surface area contributed by atoms with Crippen molar-refractivity contribution in [2.24, 2.45) is 0 Å². The van der Waals surface area contributed by atoms with Crippen molar-refractivity contribution >= 4 is 0 Å². The van der Waals surface area contributed by atoms with Crippen molar-refractivity contribution < 1.29 is 17.9 Å². The van der Waals surface area contributed by atoms with Crippen LogP contribution in [0, 0.1) is 0 Å². The number of rotatable bonds is 3. The van der Waals surface area contributed by atoms with Gasteiger partial charge in [0.1, 0.15) is 11.6 Å². The second kappa shape index (κ2) is 4.91. The molecule has 4 nitrogen and oxygen atoms in total. The first-order valence-electron chi connectivity index (χ1n) is 6.38. The Morgan fingerprint density at radius 2 is 2.00 bits per heavy atom. The van der Waals surface area contributed by atoms with Crippen molar-refractivity contribution in [3.8, 4) is 17.1 Å². The first-order valence-corrected chi connectivity index (χ1v) is 6.38. The molecular formula is C14H11F3N2O2. The van der Waals surface area contributed by atoms with E-state index in [1.165, 1.54) is 24.3 Å². The van der Waals surface area contributed by atoms with Crippen molar-refractivity contribution in [1.82, 2.24) is 9.97 Å². The van der Waals surface area contributed by atoms with E-state index in [1.54, 1.807) is 6.07 Å². The Kier molecular flexibility index (Phi) is 3.19. The van der Waals surface area contributed by atoms with Gasteiger partial charge in [-0.2, -0.15) is 0 Å². The van der Waals surface area contributed by atoms with Gasteiger partial charge < -0.3 is 9.72 Å². The van der Waals surface area contributed by atoms with Gasteiger partial charge in [-0.25, -0.2) is 4.98 Å². The SMILES string of the molecule is O=c1cc(C2CC2)nc(-c2cccc(OC(F)(F)F)c2)[nH]1. The van der Waals surface area contributed by atoms with Crippen molar-refractivity contribution in [2.75, 3.05) is 0 Å². The fraction of sp³-hybridized carbons (Fsp3) is 0.286. The normalized spacial score (nSPS) is 15.0. The highest BCUT2D eigenvalue weighted by Crippen LogP contribution is 2.38. The largest absolute Gasteiger partial charge is 0.573 e. The summed E-state index contributed by atoms with van der Waals surface area (Å²) in [7, 11) is 0. The number of aromatic nitrogens is 2. The minimum absolute atomic E-state index is 0.247. The third-order valence-electron chi connectivity index (χ3n) is 3.10. The molecule has 1 aromatic heterocycles. The Labute approximate surface area is 117 Å². The summed E-state index contributed by atoms with van der Waals surface area (Å²) in [5.74, 6) is 0.178. The number of halogens is 3. The predicted octanol–water partition coefficient (Wildman–Crippen LogP) is 3.21. The van der Waals surface area contributed by atoms with E-state index in [-0.39, 0.29) is 23.1 Å². The highest BCUT2D eigenvalue weighted by atomic mass is 19.4. The summed E-state index contributed by atoms with van der Waals surface area (Å²) in [5.41, 5.74) is 0.733. The third-order valence-corrected chi connectivity index (χ3v) is 3.10. The van der Waals surface area contributed by atoms with Crippen LogP contribution in [0.15, 0.2) is 35.1 Å². The van der Waals surface area contributed by atoms with Gasteiger partial charge in [-0.3, -0.25) is 4.79 Å². The van der Waals surface area contributed by atoms with Gasteiger partial charge in [0.25, 0.3) is 5.56 Å². The van der Waals surface area contributed by atoms with Crippen molar-refractivity contribution in [1.29, 1.82) is 0 Å². The number of nitrogens with zero attached hydrogens (tertiary/aromatic N) is 1. The lowest BCUT2D eigenvalue weighted by atomic mass is 10.2. The molecule has 0 radical (unpaired) electrons. The molecule has 1 aliphatic carbocycles. The number of benzene rings is 1. The molecule has 1 heterocycles. The smallest absolute Gasteiger partial charge is 0.406 e. The van der Waals surface area contributed by atoms with Crippen LogP contribution in [-0.4, -0.2) is 16.3 Å². The van der Waals surface area contributed by atoms with Gasteiger partial charge in [-0.15, -0.1) is 13.2 Å². The summed E-state index contributed by atoms with van der Waals surface area (Å²) in [6, 6.07) is 6.80. The minimum atomic E-state index is -4.75. The van der Waals surface area contributed by atoms with E-state index in [4.69, 9.17) is 0 Å². The molecular weight excluding hydrogens is 285 g/mol. The molecule has 21 heavy (non-hydrogen) atoms. The molecule has 110 valence electrons. The van der Waals surface area contributed by atoms with Crippen LogP contribution in [0.1, 0.15) is 24.5 Å². The first-order chi connectivity index (χ1) is 9.90. The Balaban J connectivity index is 1.96. The number of nitrogens with one attached hydrogen (secondary N) is 1. The van der Waals surface area contributed by atoms with Gasteiger partial charge >= 0.3 is 6.36 Å². The Morgan fingerprint density at radius 1 is 1.24 bits per heavy atom. The fourth-order valence-corrected chi connectivity index (χ4v) is 2.04. The van der Waals surface area contributed by atoms with Gasteiger partial charge in [0.2, 0.25) is 0 Å². The zero-order valence-electron chi connectivity index (χ0n) is 10.8. The van der Waals surface area contributed by atoms with Gasteiger partial charge in [0, 0.05) is 17.5 Å². The number of hydrogen-bond donors (Lipinski definition) is 1. The lowest BCUT2D eigenvalue weighted by molar-refractivity contribution is -0.274. The summed E-state index contributed by atoms with van der Waals surface area (Å²) in [6.07, 6.45) is -2.80. The Morgan fingerprint density at radius 3 is 2.67 bits per heavy atom. The summed E-state index contributed by atoms with van der Waals surface area (Å²) in [6.45, 7) is 0. The van der Waals surface area contributed by atoms with Gasteiger partial charge in [0.05, 0.1) is 5.69 Å². The van der Waals surface area contributed by atoms with Crippen molar-refractivity contribution in [2.45, 2.75) is 25.1 Å². The number of aromatic amines is 1. The van der Waals surface area contributed by atoms with E-state index < -0.39 is 6.36 Å². The van der Waals surface area contributed by atoms with Gasteiger partial charge in [-0.1, -0.05) is 12.1 Å². The maximum atomic E-state index is 12.2. The molecule has 0 saturated heterocycles. The third kappa shape index (κ3) is 3.42. The lowest BCUT2D eigenvalue weighted by Gasteiger charge is -2.10. The van der Waals surface area contributed by atoms with Crippen LogP contribution in [0.2, 0.25) is 0 Å². The predicted molar refractivity (Wildman–Crippen MR) is 69.0 cm³/mol. The summed E-state index contributed by atoms with van der Waals surface area (Å²) < 4.78 is 40.5. The highest BCUT2D eigenvalue weighted by molar-refractivity contribution is 5.57. The minimum Gasteiger partial charge on any atom is -0.406 e. The average Bonchev–Trinajstić information content (AvgIpc) is 3.20. The molecule has 1 fully saturated rings. The maximum Gasteiger partial charge on any atom is 0.573 e. The lowest BCUT2D eigenvalue weighted by Crippen LogP contribution is -2.17. The second-order valence-electron chi connectivity index (χ2n) is 4.87. The zero-order chi connectivity index (χ0) is 15.0. The summed E-state index contributed by atoms with van der Waals surface area (Å²) >= 11 is 0. The van der Waals surface area contributed by atoms with Crippen LogP contribution in [-0.2, 0) is 0 Å². The fourth-order valence-electron chi connectivity index (χ4n) is 2.04. The monoisotopic (exact) mass is 296 g/mol. The molecule has 0 aliphatic heterocycles. The molecule has 1 N–H and O–H groups in total. The van der Waals surface area contributed by atoms with Crippen LogP contribution in [0.3, 0.4) is 0 Å². The molecule has 0 unspecified atom stereocenters. The van der Waals surface area contributed by atoms with E-state index in [9.17, 15) is 18.0 Å². The molecule has 0 bridgehead atoms. The molecule has 0 amide bonds. The number of H-pyrrole nitrogens is 1. The molecule has 7 heteroatoms. The van der Waals surface area contributed by atoms with Gasteiger partial charge in [-0.05, 0) is 25.0 Å². The van der Waals surface area contributed by atoms with E-state index in [1.807, 2.05) is 0 Å². The summed E-state index contributed by atoms with van der Waals surface area (Å²) in [4.78, 5) is 18.5. The van der Waals surface area contributed by atoms with Crippen molar-refractivity contribution in [3.63, 3.8) is 0 Å². The number of hydrogen-bond acceptors (Lipinski definition) is 3. The van der Waals surface area contributed by atoms with Crippen LogP contribution in [0.25, 0.3) is 11.4 Å². The highest BCUT2D eigenvalue weighted by Gasteiger charge is 2.31. The molecule has 0 spiro atoms. The van der Waals surface area contributed by atoms with E-state index in [2.05, 4.69) is 14.7 Å². The van der Waals surface area contributed by atoms with Crippen LogP contribution < -0.4 is 10.3 Å². The van der Waals surface area contributed by atoms with Gasteiger partial charge in [0.15, 0.2) is 0 Å². The number of ether oxygens (including phenoxy) is 1. The summed E-state index contributed by atoms with van der Waals surface area (Å²) in [5, 5.41) is 0. The quantitative estimate of drug-likeness (QED) is 0.946. The molecule has 2 aromatic rings. The van der Waals surface area contributed by atoms with E-state index in [0.29, 0.717) is 11.3 Å². The molecule has 1 saturated carbocycles. The first kappa shape index (κ1) is 13.7. The molecule has 3 rings (SSSR count). The van der Waals surface area contributed by atoms with Crippen LogP contribution >= 0.6 is 0 Å². The Bertz CT molecular complexity index is 721. The molecule has 1 aromatic carbocycles. The molecule has 1 aliphatic rings. The van der Waals surface area contributed by atoms with E-state index in [0.717, 1.165) is 12.8 Å². The number of alkyl halides is 3. The van der Waals surface area contributed by atoms with E-state index >= 15 is 0 Å².